The highest BCUT2D eigenvalue weighted by Crippen LogP contribution is 2.28. The van der Waals surface area contributed by atoms with Gasteiger partial charge in [0.15, 0.2) is 0 Å². The number of anilines is 1. The van der Waals surface area contributed by atoms with Crippen molar-refractivity contribution in [2.45, 2.75) is 37.8 Å². The van der Waals surface area contributed by atoms with Crippen LogP contribution in [0.5, 0.6) is 0 Å². The monoisotopic (exact) mass is 289 g/mol. The lowest BCUT2D eigenvalue weighted by atomic mass is 10.0. The Morgan fingerprint density at radius 3 is 2.80 bits per heavy atom. The second kappa shape index (κ2) is 5.43. The molecule has 104 valence electrons. The average Bonchev–Trinajstić information content (AvgIpc) is 3.25. The largest absolute Gasteiger partial charge is 0.311 e. The molecule has 2 fully saturated rings. The van der Waals surface area contributed by atoms with Crippen LogP contribution in [0.15, 0.2) is 18.2 Å². The maximum Gasteiger partial charge on any atom is 0.244 e. The number of nitrogens with one attached hydrogen (secondary N) is 1. The molecule has 1 saturated heterocycles. The molecule has 1 N–H and O–H groups in total. The number of halogens is 1. The molecule has 1 amide bonds. The number of nitrogens with zero attached hydrogens (tertiary/aromatic N) is 2. The number of carbonyl (C=O) groups is 1. The fourth-order valence-corrected chi connectivity index (χ4v) is 2.80. The molecule has 5 heteroatoms. The van der Waals surface area contributed by atoms with Crippen LogP contribution in [0.2, 0.25) is 5.02 Å². The Kier molecular flexibility index (Phi) is 3.64. The van der Waals surface area contributed by atoms with Gasteiger partial charge in [-0.3, -0.25) is 4.79 Å². The summed E-state index contributed by atoms with van der Waals surface area (Å²) in [5.41, 5.74) is 1.22. The van der Waals surface area contributed by atoms with E-state index < -0.39 is 0 Å². The number of benzene rings is 1. The van der Waals surface area contributed by atoms with E-state index in [1.54, 1.807) is 23.1 Å². The number of rotatable bonds is 3. The van der Waals surface area contributed by atoms with Gasteiger partial charge in [-0.05, 0) is 43.9 Å². The molecule has 1 aliphatic heterocycles. The van der Waals surface area contributed by atoms with Gasteiger partial charge in [0.25, 0.3) is 0 Å². The number of carbonyl (C=O) groups excluding carboxylic acids is 1. The van der Waals surface area contributed by atoms with Crippen molar-refractivity contribution >= 4 is 23.2 Å². The Morgan fingerprint density at radius 1 is 1.35 bits per heavy atom. The van der Waals surface area contributed by atoms with Crippen molar-refractivity contribution in [3.63, 3.8) is 0 Å². The number of hydrogen-bond acceptors (Lipinski definition) is 3. The van der Waals surface area contributed by atoms with Crippen molar-refractivity contribution in [2.75, 3.05) is 11.4 Å². The molecule has 0 radical (unpaired) electrons. The molecule has 3 rings (SSSR count). The van der Waals surface area contributed by atoms with Gasteiger partial charge in [-0.1, -0.05) is 11.6 Å². The van der Waals surface area contributed by atoms with E-state index in [1.165, 1.54) is 12.8 Å². The summed E-state index contributed by atoms with van der Waals surface area (Å²) in [6, 6.07) is 7.64. The topological polar surface area (TPSA) is 56.1 Å². The normalized spacial score (nSPS) is 22.7. The standard InChI is InChI=1S/C15H16ClN3O/c16-13-8-12(6-3-10(13)9-17)19-7-1-2-14(15(19)20)18-11-4-5-11/h3,6,8,11,14,18H,1-2,4-5,7H2. The Bertz CT molecular complexity index is 577. The molecule has 1 aromatic rings. The van der Waals surface area contributed by atoms with E-state index in [-0.39, 0.29) is 11.9 Å². The molecule has 4 nitrogen and oxygen atoms in total. The third-order valence-electron chi connectivity index (χ3n) is 3.84. The van der Waals surface area contributed by atoms with Crippen LogP contribution in [0.3, 0.4) is 0 Å². The second-order valence-corrected chi connectivity index (χ2v) is 5.81. The fourth-order valence-electron chi connectivity index (χ4n) is 2.58. The van der Waals surface area contributed by atoms with Gasteiger partial charge < -0.3 is 10.2 Å². The lowest BCUT2D eigenvalue weighted by Crippen LogP contribution is -2.51. The first kappa shape index (κ1) is 13.4. The molecule has 0 aromatic heterocycles. The maximum absolute atomic E-state index is 12.5. The predicted molar refractivity (Wildman–Crippen MR) is 77.7 cm³/mol. The van der Waals surface area contributed by atoms with E-state index in [0.717, 1.165) is 18.5 Å². The molecule has 1 saturated carbocycles. The van der Waals surface area contributed by atoms with Gasteiger partial charge in [0.2, 0.25) is 5.91 Å². The summed E-state index contributed by atoms with van der Waals surface area (Å²) < 4.78 is 0. The summed E-state index contributed by atoms with van der Waals surface area (Å²) in [6.45, 7) is 0.712. The Balaban J connectivity index is 1.79. The zero-order valence-corrected chi connectivity index (χ0v) is 11.9. The Morgan fingerprint density at radius 2 is 2.15 bits per heavy atom. The van der Waals surface area contributed by atoms with Crippen LogP contribution in [0.25, 0.3) is 0 Å². The maximum atomic E-state index is 12.5. The third-order valence-corrected chi connectivity index (χ3v) is 4.15. The molecule has 0 bridgehead atoms. The molecule has 2 aliphatic rings. The van der Waals surface area contributed by atoms with E-state index in [0.29, 0.717) is 23.2 Å². The van der Waals surface area contributed by atoms with E-state index in [9.17, 15) is 4.79 Å². The van der Waals surface area contributed by atoms with Crippen LogP contribution >= 0.6 is 11.6 Å². The lowest BCUT2D eigenvalue weighted by Gasteiger charge is -2.33. The highest BCUT2D eigenvalue weighted by molar-refractivity contribution is 6.32. The smallest absolute Gasteiger partial charge is 0.244 e. The van der Waals surface area contributed by atoms with E-state index in [4.69, 9.17) is 16.9 Å². The minimum Gasteiger partial charge on any atom is -0.311 e. The van der Waals surface area contributed by atoms with Crippen LogP contribution in [-0.4, -0.2) is 24.5 Å². The van der Waals surface area contributed by atoms with Crippen molar-refractivity contribution in [3.8, 4) is 6.07 Å². The number of piperidine rings is 1. The number of hydrogen-bond donors (Lipinski definition) is 1. The van der Waals surface area contributed by atoms with Crippen molar-refractivity contribution in [1.29, 1.82) is 5.26 Å². The van der Waals surface area contributed by atoms with E-state index in [1.807, 2.05) is 6.07 Å². The van der Waals surface area contributed by atoms with Gasteiger partial charge in [0.1, 0.15) is 6.07 Å². The van der Waals surface area contributed by atoms with Crippen LogP contribution in [0, 0.1) is 11.3 Å². The van der Waals surface area contributed by atoms with Crippen molar-refractivity contribution in [1.82, 2.24) is 5.32 Å². The highest BCUT2D eigenvalue weighted by Gasteiger charge is 2.34. The van der Waals surface area contributed by atoms with Crippen LogP contribution in [-0.2, 0) is 4.79 Å². The molecule has 1 aliphatic carbocycles. The van der Waals surface area contributed by atoms with Crippen molar-refractivity contribution in [3.05, 3.63) is 28.8 Å². The molecule has 0 spiro atoms. The average molecular weight is 290 g/mol. The molecule has 20 heavy (non-hydrogen) atoms. The molecular weight excluding hydrogens is 274 g/mol. The van der Waals surface area contributed by atoms with Gasteiger partial charge in [-0.15, -0.1) is 0 Å². The summed E-state index contributed by atoms with van der Waals surface area (Å²) in [6.07, 6.45) is 4.22. The van der Waals surface area contributed by atoms with E-state index in [2.05, 4.69) is 5.32 Å². The van der Waals surface area contributed by atoms with Gasteiger partial charge in [-0.25, -0.2) is 0 Å². The van der Waals surface area contributed by atoms with Crippen molar-refractivity contribution < 1.29 is 4.79 Å². The minimum absolute atomic E-state index is 0.0781. The van der Waals surface area contributed by atoms with Gasteiger partial charge in [0, 0.05) is 18.3 Å². The summed E-state index contributed by atoms with van der Waals surface area (Å²) >= 11 is 6.05. The summed E-state index contributed by atoms with van der Waals surface area (Å²) in [5.74, 6) is 0.115. The molecule has 1 heterocycles. The van der Waals surface area contributed by atoms with Gasteiger partial charge in [0.05, 0.1) is 16.6 Å². The third kappa shape index (κ3) is 2.65. The van der Waals surface area contributed by atoms with Gasteiger partial charge >= 0.3 is 0 Å². The molecule has 1 atom stereocenters. The Hall–Kier alpha value is -1.57. The minimum atomic E-state index is -0.0781. The van der Waals surface area contributed by atoms with E-state index >= 15 is 0 Å². The summed E-state index contributed by atoms with van der Waals surface area (Å²) in [4.78, 5) is 14.3. The van der Waals surface area contributed by atoms with Crippen molar-refractivity contribution in [2.24, 2.45) is 0 Å². The zero-order valence-electron chi connectivity index (χ0n) is 11.1. The van der Waals surface area contributed by atoms with Crippen LogP contribution < -0.4 is 10.2 Å². The number of nitriles is 1. The molecule has 1 aromatic carbocycles. The van der Waals surface area contributed by atoms with Crippen LogP contribution in [0.1, 0.15) is 31.2 Å². The lowest BCUT2D eigenvalue weighted by molar-refractivity contribution is -0.121. The summed E-state index contributed by atoms with van der Waals surface area (Å²) in [7, 11) is 0. The summed E-state index contributed by atoms with van der Waals surface area (Å²) in [5, 5.41) is 12.7. The van der Waals surface area contributed by atoms with Gasteiger partial charge in [-0.2, -0.15) is 5.26 Å². The Labute approximate surface area is 123 Å². The number of amides is 1. The fraction of sp³-hybridized carbons (Fsp3) is 0.467. The quantitative estimate of drug-likeness (QED) is 0.930. The first-order chi connectivity index (χ1) is 9.69. The predicted octanol–water partition coefficient (Wildman–Crippen LogP) is 2.46. The van der Waals surface area contributed by atoms with Crippen LogP contribution in [0.4, 0.5) is 5.69 Å². The zero-order chi connectivity index (χ0) is 14.1. The molecular formula is C15H16ClN3O. The molecule has 1 unspecified atom stereocenters. The first-order valence-corrected chi connectivity index (χ1v) is 7.34. The SMILES string of the molecule is N#Cc1ccc(N2CCCC(NC3CC3)C2=O)cc1Cl. The first-order valence-electron chi connectivity index (χ1n) is 6.96. The second-order valence-electron chi connectivity index (χ2n) is 5.40. The highest BCUT2D eigenvalue weighted by atomic mass is 35.5.